The van der Waals surface area contributed by atoms with E-state index in [1.807, 2.05) is 62.4 Å². The monoisotopic (exact) mass is 401 g/mol. The number of benzene rings is 2. The van der Waals surface area contributed by atoms with Crippen molar-refractivity contribution >= 4 is 23.2 Å². The van der Waals surface area contributed by atoms with Gasteiger partial charge in [-0.05, 0) is 53.8 Å². The zero-order chi connectivity index (χ0) is 21.7. The first kappa shape index (κ1) is 21.2. The van der Waals surface area contributed by atoms with Gasteiger partial charge in [0.25, 0.3) is 0 Å². The number of nitrogens with zero attached hydrogens (tertiary/aromatic N) is 2. The second-order valence-electron chi connectivity index (χ2n) is 7.40. The van der Waals surface area contributed by atoms with Crippen molar-refractivity contribution in [3.05, 3.63) is 77.5 Å². The lowest BCUT2D eigenvalue weighted by Crippen LogP contribution is -2.24. The Morgan fingerprint density at radius 3 is 2.30 bits per heavy atom. The van der Waals surface area contributed by atoms with E-state index < -0.39 is 0 Å². The first-order valence-electron chi connectivity index (χ1n) is 10.1. The van der Waals surface area contributed by atoms with Crippen LogP contribution in [0.1, 0.15) is 41.3 Å². The molecule has 5 nitrogen and oxygen atoms in total. The van der Waals surface area contributed by atoms with Crippen molar-refractivity contribution in [3.63, 3.8) is 0 Å². The van der Waals surface area contributed by atoms with E-state index in [2.05, 4.69) is 4.98 Å². The van der Waals surface area contributed by atoms with Gasteiger partial charge in [0.1, 0.15) is 5.82 Å². The van der Waals surface area contributed by atoms with Gasteiger partial charge < -0.3 is 10.6 Å². The lowest BCUT2D eigenvalue weighted by molar-refractivity contribution is -0.118. The van der Waals surface area contributed by atoms with Crippen LogP contribution >= 0.6 is 0 Å². The van der Waals surface area contributed by atoms with Crippen LogP contribution in [0.3, 0.4) is 0 Å². The van der Waals surface area contributed by atoms with Gasteiger partial charge >= 0.3 is 0 Å². The van der Waals surface area contributed by atoms with E-state index in [-0.39, 0.29) is 11.7 Å². The van der Waals surface area contributed by atoms with Gasteiger partial charge in [-0.1, -0.05) is 43.3 Å². The molecule has 0 unspecified atom stereocenters. The highest BCUT2D eigenvalue weighted by atomic mass is 16.2. The number of anilines is 2. The predicted octanol–water partition coefficient (Wildman–Crippen LogP) is 4.83. The van der Waals surface area contributed by atoms with Crippen molar-refractivity contribution < 1.29 is 9.59 Å². The number of aromatic nitrogens is 1. The minimum absolute atomic E-state index is 0.0798. The Balaban J connectivity index is 1.70. The third kappa shape index (κ3) is 4.92. The Morgan fingerprint density at radius 2 is 1.70 bits per heavy atom. The Labute approximate surface area is 177 Å². The van der Waals surface area contributed by atoms with E-state index in [1.54, 1.807) is 24.2 Å². The van der Waals surface area contributed by atoms with Crippen molar-refractivity contribution in [1.82, 2.24) is 4.98 Å². The van der Waals surface area contributed by atoms with E-state index in [1.165, 1.54) is 0 Å². The highest BCUT2D eigenvalue weighted by Crippen LogP contribution is 2.26. The number of carbonyl (C=O) groups excluding carboxylic acids is 2. The van der Waals surface area contributed by atoms with Crippen molar-refractivity contribution in [1.29, 1.82) is 0 Å². The number of pyridine rings is 1. The number of ketones is 1. The molecule has 0 aliphatic heterocycles. The van der Waals surface area contributed by atoms with E-state index in [9.17, 15) is 9.59 Å². The molecular formula is C25H27N3O2. The molecule has 154 valence electrons. The molecule has 30 heavy (non-hydrogen) atoms. The fourth-order valence-corrected chi connectivity index (χ4v) is 3.39. The van der Waals surface area contributed by atoms with Gasteiger partial charge in [0, 0.05) is 37.3 Å². The normalized spacial score (nSPS) is 10.6. The van der Waals surface area contributed by atoms with Crippen LogP contribution in [0, 0.1) is 6.92 Å². The number of aryl methyl sites for hydroxylation is 2. The van der Waals surface area contributed by atoms with E-state index in [0.29, 0.717) is 25.1 Å². The molecule has 2 aromatic carbocycles. The van der Waals surface area contributed by atoms with Gasteiger partial charge in [0.15, 0.2) is 5.78 Å². The number of carbonyl (C=O) groups is 2. The maximum Gasteiger partial charge on any atom is 0.226 e. The molecule has 0 aliphatic rings. The smallest absolute Gasteiger partial charge is 0.226 e. The molecule has 0 atom stereocenters. The number of nitrogens with two attached hydrogens (primary N) is 1. The standard InChI is InChI=1S/C25H27N3O2/c1-4-25(30)28(3)21-10-7-19(8-11-21)20-9-12-22(17(2)15-20)23(29)13-5-18-6-14-24(26)27-16-18/h6-12,14-16H,4-5,13H2,1-3H3,(H2,26,27). The summed E-state index contributed by atoms with van der Waals surface area (Å²) in [5.74, 6) is 0.676. The molecule has 0 aliphatic carbocycles. The lowest BCUT2D eigenvalue weighted by atomic mass is 9.95. The van der Waals surface area contributed by atoms with Crippen LogP contribution in [0.15, 0.2) is 60.8 Å². The second kappa shape index (κ2) is 9.35. The van der Waals surface area contributed by atoms with Crippen LogP contribution in [0.25, 0.3) is 11.1 Å². The Kier molecular flexibility index (Phi) is 6.62. The van der Waals surface area contributed by atoms with E-state index >= 15 is 0 Å². The van der Waals surface area contributed by atoms with Crippen molar-refractivity contribution in [2.24, 2.45) is 0 Å². The number of hydrogen-bond donors (Lipinski definition) is 1. The third-order valence-electron chi connectivity index (χ3n) is 5.28. The Morgan fingerprint density at radius 1 is 1.00 bits per heavy atom. The largest absolute Gasteiger partial charge is 0.384 e. The van der Waals surface area contributed by atoms with Gasteiger partial charge in [-0.15, -0.1) is 0 Å². The minimum Gasteiger partial charge on any atom is -0.384 e. The summed E-state index contributed by atoms with van der Waals surface area (Å²) in [7, 11) is 1.78. The molecule has 0 spiro atoms. The number of amides is 1. The minimum atomic E-state index is 0.0798. The Hall–Kier alpha value is -3.47. The van der Waals surface area contributed by atoms with Crippen LogP contribution in [0.5, 0.6) is 0 Å². The number of nitrogen functional groups attached to an aromatic ring is 1. The van der Waals surface area contributed by atoms with Gasteiger partial charge in [-0.2, -0.15) is 0 Å². The summed E-state index contributed by atoms with van der Waals surface area (Å²) in [5.41, 5.74) is 11.3. The summed E-state index contributed by atoms with van der Waals surface area (Å²) in [4.78, 5) is 30.3. The molecule has 0 fully saturated rings. The molecule has 3 aromatic rings. The molecule has 0 radical (unpaired) electrons. The molecule has 1 aromatic heterocycles. The topological polar surface area (TPSA) is 76.3 Å². The SMILES string of the molecule is CCC(=O)N(C)c1ccc(-c2ccc(C(=O)CCc3ccc(N)nc3)c(C)c2)cc1. The summed E-state index contributed by atoms with van der Waals surface area (Å²) in [5, 5.41) is 0. The number of rotatable bonds is 7. The molecular weight excluding hydrogens is 374 g/mol. The summed E-state index contributed by atoms with van der Waals surface area (Å²) in [6.45, 7) is 3.81. The van der Waals surface area contributed by atoms with E-state index in [4.69, 9.17) is 5.73 Å². The average Bonchev–Trinajstić information content (AvgIpc) is 2.77. The summed E-state index contributed by atoms with van der Waals surface area (Å²) < 4.78 is 0. The maximum absolute atomic E-state index is 12.7. The van der Waals surface area contributed by atoms with Crippen LogP contribution in [-0.4, -0.2) is 23.7 Å². The highest BCUT2D eigenvalue weighted by molar-refractivity contribution is 5.98. The number of hydrogen-bond acceptors (Lipinski definition) is 4. The zero-order valence-corrected chi connectivity index (χ0v) is 17.7. The molecule has 2 N–H and O–H groups in total. The van der Waals surface area contributed by atoms with Crippen LogP contribution in [-0.2, 0) is 11.2 Å². The number of Topliss-reactive ketones (excluding diaryl/α,β-unsaturated/α-hetero) is 1. The van der Waals surface area contributed by atoms with E-state index in [0.717, 1.165) is 33.5 Å². The molecule has 0 saturated carbocycles. The first-order valence-corrected chi connectivity index (χ1v) is 10.1. The quantitative estimate of drug-likeness (QED) is 0.576. The molecule has 3 rings (SSSR count). The third-order valence-corrected chi connectivity index (χ3v) is 5.28. The zero-order valence-electron chi connectivity index (χ0n) is 17.7. The average molecular weight is 402 g/mol. The maximum atomic E-state index is 12.7. The molecule has 1 amide bonds. The summed E-state index contributed by atoms with van der Waals surface area (Å²) >= 11 is 0. The molecule has 5 heteroatoms. The van der Waals surface area contributed by atoms with Gasteiger partial charge in [-0.25, -0.2) is 4.98 Å². The fourth-order valence-electron chi connectivity index (χ4n) is 3.39. The predicted molar refractivity (Wildman–Crippen MR) is 122 cm³/mol. The van der Waals surface area contributed by atoms with Gasteiger partial charge in [-0.3, -0.25) is 9.59 Å². The second-order valence-corrected chi connectivity index (χ2v) is 7.40. The first-order chi connectivity index (χ1) is 14.4. The van der Waals surface area contributed by atoms with Crippen LogP contribution in [0.2, 0.25) is 0 Å². The lowest BCUT2D eigenvalue weighted by Gasteiger charge is -2.17. The van der Waals surface area contributed by atoms with Gasteiger partial charge in [0.05, 0.1) is 0 Å². The Bertz CT molecular complexity index is 1040. The molecule has 0 bridgehead atoms. The van der Waals surface area contributed by atoms with Crippen molar-refractivity contribution in [2.45, 2.75) is 33.1 Å². The molecule has 0 saturated heterocycles. The fraction of sp³-hybridized carbons (Fsp3) is 0.240. The summed E-state index contributed by atoms with van der Waals surface area (Å²) in [6, 6.07) is 17.4. The van der Waals surface area contributed by atoms with Gasteiger partial charge in [0.2, 0.25) is 5.91 Å². The van der Waals surface area contributed by atoms with Crippen molar-refractivity contribution in [2.75, 3.05) is 17.7 Å². The highest BCUT2D eigenvalue weighted by Gasteiger charge is 2.12. The van der Waals surface area contributed by atoms with Crippen LogP contribution in [0.4, 0.5) is 11.5 Å². The summed E-state index contributed by atoms with van der Waals surface area (Å²) in [6.07, 6.45) is 3.26. The van der Waals surface area contributed by atoms with Crippen molar-refractivity contribution in [3.8, 4) is 11.1 Å². The van der Waals surface area contributed by atoms with Crippen LogP contribution < -0.4 is 10.6 Å². The molecule has 1 heterocycles.